The number of esters is 2. The van der Waals surface area contributed by atoms with Crippen molar-refractivity contribution in [2.45, 2.75) is 25.8 Å². The average Bonchev–Trinajstić information content (AvgIpc) is 2.59. The molecule has 1 fully saturated rings. The minimum Gasteiger partial charge on any atom is -0.465 e. The molecule has 2 rings (SSSR count). The number of anilines is 1. The van der Waals surface area contributed by atoms with E-state index in [2.05, 4.69) is 27.0 Å². The molecule has 1 aliphatic rings. The number of hydrogen-bond donors (Lipinski definition) is 2. The Balaban J connectivity index is 2.23. The Labute approximate surface area is 140 Å². The largest absolute Gasteiger partial charge is 0.465 e. The van der Waals surface area contributed by atoms with Crippen LogP contribution in [0.5, 0.6) is 0 Å². The molecule has 2 atom stereocenters. The Hall–Kier alpha value is -2.41. The molecule has 1 aromatic rings. The first kappa shape index (κ1) is 17.9. The van der Waals surface area contributed by atoms with Gasteiger partial charge in [0, 0.05) is 5.69 Å². The van der Waals surface area contributed by atoms with Crippen LogP contribution in [0.15, 0.2) is 18.2 Å². The van der Waals surface area contributed by atoms with Crippen LogP contribution in [-0.4, -0.2) is 44.7 Å². The second-order valence-electron chi connectivity index (χ2n) is 5.91. The number of carbonyl (C=O) groups excluding carboxylic acids is 3. The molecule has 2 N–H and O–H groups in total. The highest BCUT2D eigenvalue weighted by molar-refractivity contribution is 6.00. The number of benzene rings is 1. The molecule has 7 nitrogen and oxygen atoms in total. The van der Waals surface area contributed by atoms with Gasteiger partial charge in [0.2, 0.25) is 5.91 Å². The maximum absolute atomic E-state index is 12.4. The molecule has 1 amide bonds. The van der Waals surface area contributed by atoms with Crippen molar-refractivity contribution in [3.05, 3.63) is 29.3 Å². The molecule has 0 saturated carbocycles. The lowest BCUT2D eigenvalue weighted by atomic mass is 9.94. The standard InChI is InChI=1S/C17H22N2O5/c1-10-4-5-18-14(6-10)15(20)19-13-8-11(16(21)23-2)7-12(9-13)17(22)24-3/h7-10,14,18H,4-6H2,1-3H3,(H,19,20). The van der Waals surface area contributed by atoms with Crippen molar-refractivity contribution in [1.82, 2.24) is 5.32 Å². The van der Waals surface area contributed by atoms with Gasteiger partial charge in [-0.3, -0.25) is 4.79 Å². The van der Waals surface area contributed by atoms with E-state index in [1.54, 1.807) is 0 Å². The highest BCUT2D eigenvalue weighted by atomic mass is 16.5. The molecule has 7 heteroatoms. The van der Waals surface area contributed by atoms with Gasteiger partial charge >= 0.3 is 11.9 Å². The van der Waals surface area contributed by atoms with Gasteiger partial charge in [-0.25, -0.2) is 9.59 Å². The highest BCUT2D eigenvalue weighted by Gasteiger charge is 2.25. The van der Waals surface area contributed by atoms with Gasteiger partial charge in [-0.15, -0.1) is 0 Å². The predicted molar refractivity (Wildman–Crippen MR) is 87.9 cm³/mol. The number of hydrogen-bond acceptors (Lipinski definition) is 6. The molecule has 130 valence electrons. The molecule has 1 aromatic carbocycles. The Morgan fingerprint density at radius 2 is 1.67 bits per heavy atom. The summed E-state index contributed by atoms with van der Waals surface area (Å²) < 4.78 is 9.36. The molecular weight excluding hydrogens is 312 g/mol. The van der Waals surface area contributed by atoms with E-state index in [4.69, 9.17) is 0 Å². The zero-order valence-electron chi connectivity index (χ0n) is 14.0. The van der Waals surface area contributed by atoms with Crippen LogP contribution in [0.2, 0.25) is 0 Å². The zero-order chi connectivity index (χ0) is 17.7. The summed E-state index contributed by atoms with van der Waals surface area (Å²) >= 11 is 0. The van der Waals surface area contributed by atoms with Gasteiger partial charge in [0.1, 0.15) is 0 Å². The molecule has 1 aliphatic heterocycles. The highest BCUT2D eigenvalue weighted by Crippen LogP contribution is 2.20. The molecular formula is C17H22N2O5. The third-order valence-electron chi connectivity index (χ3n) is 4.03. The van der Waals surface area contributed by atoms with Crippen LogP contribution in [-0.2, 0) is 14.3 Å². The molecule has 0 bridgehead atoms. The third kappa shape index (κ3) is 4.32. The second-order valence-corrected chi connectivity index (χ2v) is 5.91. The summed E-state index contributed by atoms with van der Waals surface area (Å²) in [5.41, 5.74) is 0.685. The van der Waals surface area contributed by atoms with Crippen molar-refractivity contribution >= 4 is 23.5 Å². The van der Waals surface area contributed by atoms with Gasteiger partial charge in [-0.1, -0.05) is 6.92 Å². The Morgan fingerprint density at radius 3 is 2.17 bits per heavy atom. The fraction of sp³-hybridized carbons (Fsp3) is 0.471. The van der Waals surface area contributed by atoms with Gasteiger partial charge in [0.15, 0.2) is 0 Å². The molecule has 1 saturated heterocycles. The fourth-order valence-electron chi connectivity index (χ4n) is 2.71. The number of rotatable bonds is 4. The van der Waals surface area contributed by atoms with Crippen LogP contribution in [0.1, 0.15) is 40.5 Å². The lowest BCUT2D eigenvalue weighted by Crippen LogP contribution is -2.45. The second kappa shape index (κ2) is 7.92. The van der Waals surface area contributed by atoms with Gasteiger partial charge in [-0.05, 0) is 43.5 Å². The SMILES string of the molecule is COC(=O)c1cc(NC(=O)C2CC(C)CCN2)cc(C(=O)OC)c1. The van der Waals surface area contributed by atoms with Crippen molar-refractivity contribution in [2.75, 3.05) is 26.1 Å². The smallest absolute Gasteiger partial charge is 0.337 e. The van der Waals surface area contributed by atoms with E-state index in [0.29, 0.717) is 11.6 Å². The average molecular weight is 334 g/mol. The van der Waals surface area contributed by atoms with Gasteiger partial charge < -0.3 is 20.1 Å². The molecule has 0 aromatic heterocycles. The monoisotopic (exact) mass is 334 g/mol. The predicted octanol–water partition coefficient (Wildman–Crippen LogP) is 1.59. The summed E-state index contributed by atoms with van der Waals surface area (Å²) in [5.74, 6) is -0.922. The van der Waals surface area contributed by atoms with Crippen molar-refractivity contribution in [1.29, 1.82) is 0 Å². The van der Waals surface area contributed by atoms with Crippen molar-refractivity contribution in [3.63, 3.8) is 0 Å². The maximum Gasteiger partial charge on any atom is 0.337 e. The normalized spacial score (nSPS) is 20.1. The van der Waals surface area contributed by atoms with Crippen LogP contribution >= 0.6 is 0 Å². The fourth-order valence-corrected chi connectivity index (χ4v) is 2.71. The van der Waals surface area contributed by atoms with Crippen LogP contribution in [0.25, 0.3) is 0 Å². The number of carbonyl (C=O) groups is 3. The number of nitrogens with one attached hydrogen (secondary N) is 2. The molecule has 0 spiro atoms. The number of piperidine rings is 1. The summed E-state index contributed by atoms with van der Waals surface area (Å²) in [6.07, 6.45) is 1.78. The number of methoxy groups -OCH3 is 2. The topological polar surface area (TPSA) is 93.7 Å². The van der Waals surface area contributed by atoms with Crippen LogP contribution in [0.4, 0.5) is 5.69 Å². The first-order chi connectivity index (χ1) is 11.4. The van der Waals surface area contributed by atoms with Crippen molar-refractivity contribution in [3.8, 4) is 0 Å². The van der Waals surface area contributed by atoms with E-state index in [-0.39, 0.29) is 23.1 Å². The summed E-state index contributed by atoms with van der Waals surface area (Å²) in [4.78, 5) is 35.9. The molecule has 1 heterocycles. The Bertz CT molecular complexity index is 610. The molecule has 24 heavy (non-hydrogen) atoms. The molecule has 0 aliphatic carbocycles. The van der Waals surface area contributed by atoms with E-state index in [0.717, 1.165) is 19.4 Å². The maximum atomic E-state index is 12.4. The van der Waals surface area contributed by atoms with Gasteiger partial charge in [0.05, 0.1) is 31.4 Å². The van der Waals surface area contributed by atoms with Crippen molar-refractivity contribution in [2.24, 2.45) is 5.92 Å². The van der Waals surface area contributed by atoms with Crippen molar-refractivity contribution < 1.29 is 23.9 Å². The minimum absolute atomic E-state index is 0.167. The quantitative estimate of drug-likeness (QED) is 0.812. The van der Waals surface area contributed by atoms with Gasteiger partial charge in [-0.2, -0.15) is 0 Å². The van der Waals surface area contributed by atoms with Crippen LogP contribution < -0.4 is 10.6 Å². The van der Waals surface area contributed by atoms with E-state index in [9.17, 15) is 14.4 Å². The summed E-state index contributed by atoms with van der Waals surface area (Å²) in [5, 5.41) is 5.93. The lowest BCUT2D eigenvalue weighted by Gasteiger charge is -2.27. The van der Waals surface area contributed by atoms with Crippen LogP contribution in [0.3, 0.4) is 0 Å². The van der Waals surface area contributed by atoms with E-state index < -0.39 is 11.9 Å². The van der Waals surface area contributed by atoms with E-state index in [1.807, 2.05) is 0 Å². The first-order valence-electron chi connectivity index (χ1n) is 7.80. The third-order valence-corrected chi connectivity index (χ3v) is 4.03. The Morgan fingerprint density at radius 1 is 1.08 bits per heavy atom. The van der Waals surface area contributed by atoms with E-state index >= 15 is 0 Å². The summed E-state index contributed by atoms with van der Waals surface area (Å²) in [7, 11) is 2.50. The zero-order valence-corrected chi connectivity index (χ0v) is 14.0. The van der Waals surface area contributed by atoms with Gasteiger partial charge in [0.25, 0.3) is 0 Å². The minimum atomic E-state index is -0.597. The molecule has 0 radical (unpaired) electrons. The van der Waals surface area contributed by atoms with E-state index in [1.165, 1.54) is 32.4 Å². The van der Waals surface area contributed by atoms with Crippen LogP contribution in [0, 0.1) is 5.92 Å². The molecule has 2 unspecified atom stereocenters. The Kier molecular flexibility index (Phi) is 5.92. The first-order valence-corrected chi connectivity index (χ1v) is 7.80. The number of ether oxygens (including phenoxy) is 2. The summed E-state index contributed by atoms with van der Waals surface area (Å²) in [6, 6.07) is 4.02. The lowest BCUT2D eigenvalue weighted by molar-refractivity contribution is -0.119. The summed E-state index contributed by atoms with van der Waals surface area (Å²) in [6.45, 7) is 2.89. The number of amides is 1.